The molecule has 2 aromatic rings. The number of aryl methyl sites for hydroxylation is 1. The zero-order valence-electron chi connectivity index (χ0n) is 15.8. The van der Waals surface area contributed by atoms with Gasteiger partial charge in [0.05, 0.1) is 0 Å². The van der Waals surface area contributed by atoms with Crippen molar-refractivity contribution in [1.82, 2.24) is 5.32 Å². The molecule has 1 N–H and O–H groups in total. The molecule has 0 bridgehead atoms. The maximum Gasteiger partial charge on any atom is 0.261 e. The van der Waals surface area contributed by atoms with E-state index in [2.05, 4.69) is 43.4 Å². The quantitative estimate of drug-likeness (QED) is 0.651. The number of rotatable bonds is 9. The van der Waals surface area contributed by atoms with Crippen LogP contribution in [0.2, 0.25) is 0 Å². The molecule has 26 heavy (non-hydrogen) atoms. The van der Waals surface area contributed by atoms with Crippen molar-refractivity contribution in [2.24, 2.45) is 0 Å². The van der Waals surface area contributed by atoms with Gasteiger partial charge in [-0.3, -0.25) is 4.79 Å². The smallest absolute Gasteiger partial charge is 0.261 e. The van der Waals surface area contributed by atoms with Gasteiger partial charge in [0.15, 0.2) is 6.10 Å². The van der Waals surface area contributed by atoms with E-state index >= 15 is 0 Å². The Labute approximate surface area is 155 Å². The molecule has 0 aliphatic heterocycles. The lowest BCUT2D eigenvalue weighted by Crippen LogP contribution is -2.38. The number of carbonyl (C=O) groups is 1. The minimum atomic E-state index is -0.564. The molecule has 3 nitrogen and oxygen atoms in total. The highest BCUT2D eigenvalue weighted by Gasteiger charge is 2.17. The fraction of sp³-hybridized carbons (Fsp3) is 0.409. The Balaban J connectivity index is 1.75. The van der Waals surface area contributed by atoms with Crippen LogP contribution in [0, 0.1) is 5.82 Å². The molecule has 1 amide bonds. The summed E-state index contributed by atoms with van der Waals surface area (Å²) < 4.78 is 18.6. The van der Waals surface area contributed by atoms with Crippen LogP contribution in [-0.4, -0.2) is 18.6 Å². The largest absolute Gasteiger partial charge is 0.481 e. The van der Waals surface area contributed by atoms with Gasteiger partial charge in [0.25, 0.3) is 5.91 Å². The van der Waals surface area contributed by atoms with Gasteiger partial charge < -0.3 is 10.1 Å². The highest BCUT2D eigenvalue weighted by molar-refractivity contribution is 5.81. The predicted octanol–water partition coefficient (Wildman–Crippen LogP) is 4.86. The fourth-order valence-corrected chi connectivity index (χ4v) is 2.69. The third-order valence-corrected chi connectivity index (χ3v) is 4.34. The molecule has 0 spiro atoms. The Morgan fingerprint density at radius 3 is 2.31 bits per heavy atom. The van der Waals surface area contributed by atoms with Gasteiger partial charge in [-0.05, 0) is 60.6 Å². The van der Waals surface area contributed by atoms with Gasteiger partial charge in [-0.1, -0.05) is 45.0 Å². The molecule has 0 fully saturated rings. The maximum absolute atomic E-state index is 12.9. The number of nitrogens with one attached hydrogen (secondary N) is 1. The van der Waals surface area contributed by atoms with Crippen LogP contribution in [0.5, 0.6) is 5.75 Å². The molecule has 2 rings (SSSR count). The lowest BCUT2D eigenvalue weighted by Gasteiger charge is -2.17. The first-order chi connectivity index (χ1) is 12.5. The Hall–Kier alpha value is -2.36. The average Bonchev–Trinajstić information content (AvgIpc) is 2.65. The van der Waals surface area contributed by atoms with Gasteiger partial charge in [-0.25, -0.2) is 4.39 Å². The third kappa shape index (κ3) is 6.17. The van der Waals surface area contributed by atoms with Crippen LogP contribution in [0.1, 0.15) is 50.7 Å². The number of ether oxygens (including phenoxy) is 1. The molecule has 0 aliphatic rings. The molecule has 0 aliphatic carbocycles. The van der Waals surface area contributed by atoms with Gasteiger partial charge >= 0.3 is 0 Å². The SMILES string of the molecule is CC[C@@H](Oc1ccc(F)cc1)C(=O)NCCCc1ccc(C(C)C)cc1. The van der Waals surface area contributed by atoms with Crippen LogP contribution in [0.4, 0.5) is 4.39 Å². The lowest BCUT2D eigenvalue weighted by molar-refractivity contribution is -0.128. The van der Waals surface area contributed by atoms with Crippen molar-refractivity contribution in [2.45, 2.75) is 52.1 Å². The number of hydrogen-bond donors (Lipinski definition) is 1. The zero-order valence-corrected chi connectivity index (χ0v) is 15.8. The summed E-state index contributed by atoms with van der Waals surface area (Å²) in [6, 6.07) is 14.4. The van der Waals surface area contributed by atoms with Crippen LogP contribution < -0.4 is 10.1 Å². The van der Waals surface area contributed by atoms with E-state index in [9.17, 15) is 9.18 Å². The Morgan fingerprint density at radius 1 is 1.08 bits per heavy atom. The molecule has 0 heterocycles. The first kappa shape index (κ1) is 20.0. The van der Waals surface area contributed by atoms with E-state index in [1.54, 1.807) is 0 Å². The standard InChI is InChI=1S/C22H28FNO2/c1-4-21(26-20-13-11-19(23)12-14-20)22(25)24-15-5-6-17-7-9-18(10-8-17)16(2)3/h7-14,16,21H,4-6,15H2,1-3H3,(H,24,25)/t21-/m1/s1. The summed E-state index contributed by atoms with van der Waals surface area (Å²) in [7, 11) is 0. The highest BCUT2D eigenvalue weighted by Crippen LogP contribution is 2.16. The summed E-state index contributed by atoms with van der Waals surface area (Å²) in [6.45, 7) is 6.86. The van der Waals surface area contributed by atoms with E-state index in [4.69, 9.17) is 4.74 Å². The summed E-state index contributed by atoms with van der Waals surface area (Å²) in [5, 5.41) is 2.93. The van der Waals surface area contributed by atoms with Crippen molar-refractivity contribution in [3.05, 3.63) is 65.5 Å². The molecule has 0 aromatic heterocycles. The second-order valence-corrected chi connectivity index (χ2v) is 6.76. The maximum atomic E-state index is 12.9. The lowest BCUT2D eigenvalue weighted by atomic mass is 10.0. The Morgan fingerprint density at radius 2 is 1.73 bits per heavy atom. The molecule has 0 radical (unpaired) electrons. The topological polar surface area (TPSA) is 38.3 Å². The molecule has 0 saturated carbocycles. The molecule has 0 saturated heterocycles. The van der Waals surface area contributed by atoms with Gasteiger partial charge in [0, 0.05) is 6.54 Å². The summed E-state index contributed by atoms with van der Waals surface area (Å²) in [6.07, 6.45) is 1.79. The van der Waals surface area contributed by atoms with Gasteiger partial charge in [0.2, 0.25) is 0 Å². The first-order valence-electron chi connectivity index (χ1n) is 9.28. The molecule has 2 aromatic carbocycles. The number of benzene rings is 2. The van der Waals surface area contributed by atoms with E-state index in [1.165, 1.54) is 35.4 Å². The van der Waals surface area contributed by atoms with Crippen molar-refractivity contribution in [1.29, 1.82) is 0 Å². The summed E-state index contributed by atoms with van der Waals surface area (Å²) in [4.78, 5) is 12.3. The van der Waals surface area contributed by atoms with E-state index in [0.29, 0.717) is 24.6 Å². The van der Waals surface area contributed by atoms with Gasteiger partial charge in [-0.2, -0.15) is 0 Å². The average molecular weight is 357 g/mol. The molecule has 140 valence electrons. The van der Waals surface area contributed by atoms with Crippen molar-refractivity contribution >= 4 is 5.91 Å². The van der Waals surface area contributed by atoms with E-state index < -0.39 is 6.10 Å². The second-order valence-electron chi connectivity index (χ2n) is 6.76. The predicted molar refractivity (Wildman–Crippen MR) is 103 cm³/mol. The van der Waals surface area contributed by atoms with Gasteiger partial charge in [0.1, 0.15) is 11.6 Å². The second kappa shape index (κ2) is 9.95. The van der Waals surface area contributed by atoms with Crippen LogP contribution in [0.3, 0.4) is 0 Å². The third-order valence-electron chi connectivity index (χ3n) is 4.34. The minimum absolute atomic E-state index is 0.132. The zero-order chi connectivity index (χ0) is 18.9. The molecule has 1 atom stereocenters. The Bertz CT molecular complexity index is 680. The van der Waals surface area contributed by atoms with E-state index in [-0.39, 0.29) is 11.7 Å². The van der Waals surface area contributed by atoms with Crippen molar-refractivity contribution in [3.8, 4) is 5.75 Å². The van der Waals surface area contributed by atoms with Crippen molar-refractivity contribution in [3.63, 3.8) is 0 Å². The molecule has 4 heteroatoms. The first-order valence-corrected chi connectivity index (χ1v) is 9.28. The molecular formula is C22H28FNO2. The fourth-order valence-electron chi connectivity index (χ4n) is 2.69. The molecular weight excluding hydrogens is 329 g/mol. The van der Waals surface area contributed by atoms with Gasteiger partial charge in [-0.15, -0.1) is 0 Å². The monoisotopic (exact) mass is 357 g/mol. The Kier molecular flexibility index (Phi) is 7.64. The summed E-state index contributed by atoms with van der Waals surface area (Å²) in [5.41, 5.74) is 2.61. The van der Waals surface area contributed by atoms with E-state index in [1.807, 2.05) is 6.92 Å². The van der Waals surface area contributed by atoms with Crippen LogP contribution in [0.15, 0.2) is 48.5 Å². The van der Waals surface area contributed by atoms with Crippen molar-refractivity contribution < 1.29 is 13.9 Å². The summed E-state index contributed by atoms with van der Waals surface area (Å²) in [5.74, 6) is 0.581. The highest BCUT2D eigenvalue weighted by atomic mass is 19.1. The van der Waals surface area contributed by atoms with Crippen LogP contribution in [0.25, 0.3) is 0 Å². The number of hydrogen-bond acceptors (Lipinski definition) is 2. The van der Waals surface area contributed by atoms with Crippen molar-refractivity contribution in [2.75, 3.05) is 6.54 Å². The number of halogens is 1. The summed E-state index contributed by atoms with van der Waals surface area (Å²) >= 11 is 0. The normalized spacial score (nSPS) is 12.0. The van der Waals surface area contributed by atoms with Crippen LogP contribution >= 0.6 is 0 Å². The number of carbonyl (C=O) groups excluding carboxylic acids is 1. The van der Waals surface area contributed by atoms with E-state index in [0.717, 1.165) is 12.8 Å². The van der Waals surface area contributed by atoms with Crippen LogP contribution in [-0.2, 0) is 11.2 Å². The molecule has 0 unspecified atom stereocenters. The minimum Gasteiger partial charge on any atom is -0.481 e. The number of amides is 1.